The Morgan fingerprint density at radius 2 is 1.68 bits per heavy atom. The van der Waals surface area contributed by atoms with E-state index < -0.39 is 0 Å². The van der Waals surface area contributed by atoms with Gasteiger partial charge in [-0.2, -0.15) is 0 Å². The first kappa shape index (κ1) is 14.4. The number of nitrogens with zero attached hydrogens (tertiary/aromatic N) is 1. The summed E-state index contributed by atoms with van der Waals surface area (Å²) in [5.41, 5.74) is 4.07. The fourth-order valence-corrected chi connectivity index (χ4v) is 2.90. The van der Waals surface area contributed by atoms with E-state index in [2.05, 4.69) is 17.0 Å². The molecule has 0 amide bonds. The molecule has 0 aromatic heterocycles. The highest BCUT2D eigenvalue weighted by atomic mass is 16.5. The van der Waals surface area contributed by atoms with Gasteiger partial charge in [-0.05, 0) is 17.5 Å². The minimum absolute atomic E-state index is 0.227. The second kappa shape index (κ2) is 6.48. The van der Waals surface area contributed by atoms with Crippen LogP contribution < -0.4 is 0 Å². The molecular weight excluding hydrogens is 274 g/mol. The normalized spacial score (nSPS) is 14.3. The Labute approximate surface area is 130 Å². The van der Waals surface area contributed by atoms with Crippen LogP contribution in [-0.2, 0) is 16.1 Å². The van der Waals surface area contributed by atoms with Crippen LogP contribution >= 0.6 is 0 Å². The van der Waals surface area contributed by atoms with E-state index in [0.29, 0.717) is 0 Å². The predicted octanol–water partition coefficient (Wildman–Crippen LogP) is 3.48. The van der Waals surface area contributed by atoms with Crippen LogP contribution in [0.2, 0.25) is 0 Å². The number of carbonyl (C=O) groups excluding carboxylic acids is 1. The van der Waals surface area contributed by atoms with Gasteiger partial charge in [0.15, 0.2) is 0 Å². The zero-order valence-corrected chi connectivity index (χ0v) is 12.7. The van der Waals surface area contributed by atoms with Crippen LogP contribution in [0.4, 0.5) is 0 Å². The molecule has 3 rings (SSSR count). The van der Waals surface area contributed by atoms with Crippen molar-refractivity contribution in [1.82, 2.24) is 4.90 Å². The average Bonchev–Trinajstić information content (AvgIpc) is 2.99. The second-order valence-electron chi connectivity index (χ2n) is 5.34. The molecule has 112 valence electrons. The van der Waals surface area contributed by atoms with E-state index in [1.807, 2.05) is 48.5 Å². The van der Waals surface area contributed by atoms with Crippen molar-refractivity contribution in [2.24, 2.45) is 0 Å². The number of benzene rings is 2. The third-order valence-electron chi connectivity index (χ3n) is 3.93. The molecule has 0 unspecified atom stereocenters. The summed E-state index contributed by atoms with van der Waals surface area (Å²) in [4.78, 5) is 14.3. The second-order valence-corrected chi connectivity index (χ2v) is 5.34. The van der Waals surface area contributed by atoms with E-state index in [-0.39, 0.29) is 5.97 Å². The quantitative estimate of drug-likeness (QED) is 0.808. The Balaban J connectivity index is 1.97. The first-order valence-electron chi connectivity index (χ1n) is 7.45. The molecule has 3 heteroatoms. The topological polar surface area (TPSA) is 29.5 Å². The maximum Gasteiger partial charge on any atom is 0.335 e. The molecule has 0 saturated heterocycles. The fourth-order valence-electron chi connectivity index (χ4n) is 2.90. The fraction of sp³-hybridized carbons (Fsp3) is 0.211. The number of esters is 1. The Hall–Kier alpha value is -2.55. The Morgan fingerprint density at radius 3 is 2.32 bits per heavy atom. The van der Waals surface area contributed by atoms with E-state index in [0.717, 1.165) is 36.3 Å². The molecule has 0 saturated carbocycles. The first-order valence-corrected chi connectivity index (χ1v) is 7.45. The smallest absolute Gasteiger partial charge is 0.335 e. The zero-order chi connectivity index (χ0) is 15.4. The SMILES string of the molecule is COC(=O)C1=C(c2ccccc2)N(Cc2ccccc2)CC1. The van der Waals surface area contributed by atoms with Gasteiger partial charge < -0.3 is 9.64 Å². The third kappa shape index (κ3) is 2.89. The lowest BCUT2D eigenvalue weighted by molar-refractivity contribution is -0.136. The molecule has 1 aliphatic heterocycles. The number of rotatable bonds is 4. The zero-order valence-electron chi connectivity index (χ0n) is 12.7. The summed E-state index contributed by atoms with van der Waals surface area (Å²) in [5.74, 6) is -0.227. The largest absolute Gasteiger partial charge is 0.466 e. The molecule has 2 aromatic rings. The lowest BCUT2D eigenvalue weighted by Gasteiger charge is -2.23. The standard InChI is InChI=1S/C19H19NO2/c1-22-19(21)17-12-13-20(14-15-8-4-2-5-9-15)18(17)16-10-6-3-7-11-16/h2-11H,12-14H2,1H3. The number of carbonyl (C=O) groups is 1. The van der Waals surface area contributed by atoms with Gasteiger partial charge in [0.05, 0.1) is 18.4 Å². The van der Waals surface area contributed by atoms with Gasteiger partial charge in [0.25, 0.3) is 0 Å². The summed E-state index contributed by atoms with van der Waals surface area (Å²) in [6, 6.07) is 20.4. The molecule has 0 atom stereocenters. The Bertz CT molecular complexity index is 677. The monoisotopic (exact) mass is 293 g/mol. The van der Waals surface area contributed by atoms with Gasteiger partial charge in [0.2, 0.25) is 0 Å². The van der Waals surface area contributed by atoms with E-state index in [4.69, 9.17) is 4.74 Å². The predicted molar refractivity (Wildman–Crippen MR) is 86.8 cm³/mol. The number of ether oxygens (including phenoxy) is 1. The third-order valence-corrected chi connectivity index (χ3v) is 3.93. The maximum atomic E-state index is 12.1. The Kier molecular flexibility index (Phi) is 4.24. The molecule has 0 N–H and O–H groups in total. The van der Waals surface area contributed by atoms with Crippen LogP contribution in [0.3, 0.4) is 0 Å². The summed E-state index contributed by atoms with van der Waals surface area (Å²) in [6.07, 6.45) is 0.726. The van der Waals surface area contributed by atoms with Gasteiger partial charge in [0.1, 0.15) is 0 Å². The molecular formula is C19H19NO2. The summed E-state index contributed by atoms with van der Waals surface area (Å²) in [5, 5.41) is 0. The molecule has 0 aliphatic carbocycles. The summed E-state index contributed by atoms with van der Waals surface area (Å²) in [6.45, 7) is 1.63. The molecule has 1 aliphatic rings. The van der Waals surface area contributed by atoms with Gasteiger partial charge >= 0.3 is 5.97 Å². The van der Waals surface area contributed by atoms with Gasteiger partial charge in [-0.25, -0.2) is 4.79 Å². The molecule has 0 spiro atoms. The van der Waals surface area contributed by atoms with Crippen molar-refractivity contribution in [2.45, 2.75) is 13.0 Å². The molecule has 0 bridgehead atoms. The van der Waals surface area contributed by atoms with Crippen LogP contribution in [0, 0.1) is 0 Å². The van der Waals surface area contributed by atoms with Gasteiger partial charge in [-0.15, -0.1) is 0 Å². The van der Waals surface area contributed by atoms with Gasteiger partial charge in [-0.3, -0.25) is 0 Å². The van der Waals surface area contributed by atoms with E-state index in [1.165, 1.54) is 12.7 Å². The van der Waals surface area contributed by atoms with Gasteiger partial charge in [0, 0.05) is 13.1 Å². The molecule has 22 heavy (non-hydrogen) atoms. The van der Waals surface area contributed by atoms with E-state index >= 15 is 0 Å². The lowest BCUT2D eigenvalue weighted by atomic mass is 10.1. The van der Waals surface area contributed by atoms with Gasteiger partial charge in [-0.1, -0.05) is 60.7 Å². The minimum Gasteiger partial charge on any atom is -0.466 e. The molecule has 3 nitrogen and oxygen atoms in total. The lowest BCUT2D eigenvalue weighted by Crippen LogP contribution is -2.18. The average molecular weight is 293 g/mol. The summed E-state index contributed by atoms with van der Waals surface area (Å²) >= 11 is 0. The van der Waals surface area contributed by atoms with Crippen molar-refractivity contribution in [3.63, 3.8) is 0 Å². The summed E-state index contributed by atoms with van der Waals surface area (Å²) in [7, 11) is 1.44. The van der Waals surface area contributed by atoms with Crippen molar-refractivity contribution in [3.05, 3.63) is 77.4 Å². The van der Waals surface area contributed by atoms with Crippen LogP contribution in [0.15, 0.2) is 66.2 Å². The Morgan fingerprint density at radius 1 is 1.05 bits per heavy atom. The van der Waals surface area contributed by atoms with Crippen LogP contribution in [0.1, 0.15) is 17.5 Å². The van der Waals surface area contributed by atoms with Crippen LogP contribution in [0.5, 0.6) is 0 Å². The van der Waals surface area contributed by atoms with E-state index in [9.17, 15) is 4.79 Å². The van der Waals surface area contributed by atoms with Crippen molar-refractivity contribution >= 4 is 11.7 Å². The van der Waals surface area contributed by atoms with Crippen LogP contribution in [-0.4, -0.2) is 24.5 Å². The molecule has 0 fully saturated rings. The molecule has 2 aromatic carbocycles. The first-order chi connectivity index (χ1) is 10.8. The van der Waals surface area contributed by atoms with Crippen molar-refractivity contribution < 1.29 is 9.53 Å². The number of methoxy groups -OCH3 is 1. The molecule has 1 heterocycles. The highest BCUT2D eigenvalue weighted by Gasteiger charge is 2.28. The summed E-state index contributed by atoms with van der Waals surface area (Å²) < 4.78 is 4.96. The van der Waals surface area contributed by atoms with Crippen LogP contribution in [0.25, 0.3) is 5.70 Å². The van der Waals surface area contributed by atoms with Crippen molar-refractivity contribution in [1.29, 1.82) is 0 Å². The number of hydrogen-bond donors (Lipinski definition) is 0. The number of hydrogen-bond acceptors (Lipinski definition) is 3. The highest BCUT2D eigenvalue weighted by molar-refractivity contribution is 5.98. The maximum absolute atomic E-state index is 12.1. The van der Waals surface area contributed by atoms with E-state index in [1.54, 1.807) is 0 Å². The van der Waals surface area contributed by atoms with Crippen molar-refractivity contribution in [2.75, 3.05) is 13.7 Å². The van der Waals surface area contributed by atoms with Crippen molar-refractivity contribution in [3.8, 4) is 0 Å². The minimum atomic E-state index is -0.227. The highest BCUT2D eigenvalue weighted by Crippen LogP contribution is 2.33. The molecule has 0 radical (unpaired) electrons.